The van der Waals surface area contributed by atoms with Gasteiger partial charge in [0.25, 0.3) is 0 Å². The number of aliphatic hydroxyl groups is 1. The largest absolute Gasteiger partial charge is 0.418 e. The van der Waals surface area contributed by atoms with Crippen molar-refractivity contribution in [2.75, 3.05) is 6.54 Å². The van der Waals surface area contributed by atoms with Crippen molar-refractivity contribution in [1.29, 1.82) is 0 Å². The van der Waals surface area contributed by atoms with Crippen molar-refractivity contribution in [3.63, 3.8) is 0 Å². The summed E-state index contributed by atoms with van der Waals surface area (Å²) in [5.74, 6) is 0.611. The van der Waals surface area contributed by atoms with E-state index < -0.39 is 6.10 Å². The molecule has 2 aromatic heterocycles. The second kappa shape index (κ2) is 5.51. The zero-order valence-corrected chi connectivity index (χ0v) is 9.28. The average molecular weight is 234 g/mol. The van der Waals surface area contributed by atoms with Crippen molar-refractivity contribution < 1.29 is 9.52 Å². The molecular weight excluding hydrogens is 220 g/mol. The lowest BCUT2D eigenvalue weighted by Gasteiger charge is -2.03. The number of hydrogen-bond acceptors (Lipinski definition) is 6. The van der Waals surface area contributed by atoms with Crippen LogP contribution in [-0.4, -0.2) is 26.8 Å². The zero-order chi connectivity index (χ0) is 12.1. The monoisotopic (exact) mass is 234 g/mol. The van der Waals surface area contributed by atoms with Gasteiger partial charge in [-0.15, -0.1) is 10.2 Å². The minimum Gasteiger partial charge on any atom is -0.418 e. The predicted molar refractivity (Wildman–Crippen MR) is 60.8 cm³/mol. The molecule has 6 nitrogen and oxygen atoms in total. The van der Waals surface area contributed by atoms with Crippen LogP contribution in [0.25, 0.3) is 11.5 Å². The van der Waals surface area contributed by atoms with Gasteiger partial charge in [-0.3, -0.25) is 4.98 Å². The van der Waals surface area contributed by atoms with E-state index in [0.29, 0.717) is 25.3 Å². The average Bonchev–Trinajstić information content (AvgIpc) is 2.86. The van der Waals surface area contributed by atoms with Gasteiger partial charge in [-0.25, -0.2) is 0 Å². The molecule has 1 unspecified atom stereocenters. The van der Waals surface area contributed by atoms with Crippen LogP contribution in [-0.2, 0) is 0 Å². The number of pyridine rings is 1. The van der Waals surface area contributed by atoms with Gasteiger partial charge in [-0.2, -0.15) is 0 Å². The first kappa shape index (κ1) is 11.7. The van der Waals surface area contributed by atoms with E-state index in [0.717, 1.165) is 5.56 Å². The second-order valence-electron chi connectivity index (χ2n) is 3.63. The van der Waals surface area contributed by atoms with E-state index in [1.165, 1.54) is 0 Å². The van der Waals surface area contributed by atoms with Gasteiger partial charge in [0, 0.05) is 18.0 Å². The molecule has 0 saturated carbocycles. The third kappa shape index (κ3) is 2.86. The number of hydrogen-bond donors (Lipinski definition) is 2. The van der Waals surface area contributed by atoms with Crippen LogP contribution in [0.1, 0.15) is 24.8 Å². The highest BCUT2D eigenvalue weighted by atomic mass is 16.4. The van der Waals surface area contributed by atoms with E-state index in [4.69, 9.17) is 10.2 Å². The molecule has 0 bridgehead atoms. The van der Waals surface area contributed by atoms with Gasteiger partial charge in [0.15, 0.2) is 0 Å². The molecule has 0 radical (unpaired) electrons. The first-order valence-electron chi connectivity index (χ1n) is 5.43. The van der Waals surface area contributed by atoms with Gasteiger partial charge in [0.05, 0.1) is 0 Å². The molecule has 2 heterocycles. The first-order chi connectivity index (χ1) is 8.31. The number of nitrogens with zero attached hydrogens (tertiary/aromatic N) is 3. The van der Waals surface area contributed by atoms with Crippen molar-refractivity contribution in [3.05, 3.63) is 30.4 Å². The lowest BCUT2D eigenvalue weighted by molar-refractivity contribution is 0.133. The Kier molecular flexibility index (Phi) is 3.79. The summed E-state index contributed by atoms with van der Waals surface area (Å²) in [5.41, 5.74) is 6.15. The summed E-state index contributed by atoms with van der Waals surface area (Å²) in [5, 5.41) is 17.4. The predicted octanol–water partition coefficient (Wildman–Crippen LogP) is 0.904. The van der Waals surface area contributed by atoms with E-state index >= 15 is 0 Å². The molecule has 0 aromatic carbocycles. The third-order valence-electron chi connectivity index (χ3n) is 2.33. The van der Waals surface area contributed by atoms with Gasteiger partial charge >= 0.3 is 0 Å². The van der Waals surface area contributed by atoms with Gasteiger partial charge in [0.1, 0.15) is 6.10 Å². The highest BCUT2D eigenvalue weighted by Crippen LogP contribution is 2.21. The first-order valence-corrected chi connectivity index (χ1v) is 5.43. The van der Waals surface area contributed by atoms with Crippen LogP contribution in [0.15, 0.2) is 28.9 Å². The maximum atomic E-state index is 9.75. The number of nitrogens with two attached hydrogens (primary N) is 1. The molecule has 0 aliphatic rings. The Morgan fingerprint density at radius 3 is 2.76 bits per heavy atom. The Hall–Kier alpha value is -1.79. The molecule has 0 spiro atoms. The highest BCUT2D eigenvalue weighted by molar-refractivity contribution is 5.50. The Morgan fingerprint density at radius 1 is 1.29 bits per heavy atom. The fourth-order valence-corrected chi connectivity index (χ4v) is 1.42. The smallest absolute Gasteiger partial charge is 0.248 e. The summed E-state index contributed by atoms with van der Waals surface area (Å²) in [6.07, 6.45) is 3.78. The molecule has 90 valence electrons. The number of rotatable bonds is 5. The minimum atomic E-state index is -0.748. The van der Waals surface area contributed by atoms with E-state index in [1.54, 1.807) is 24.5 Å². The van der Waals surface area contributed by atoms with Crippen LogP contribution in [0, 0.1) is 0 Å². The van der Waals surface area contributed by atoms with Crippen LogP contribution in [0.2, 0.25) is 0 Å². The normalized spacial score (nSPS) is 12.6. The van der Waals surface area contributed by atoms with Crippen molar-refractivity contribution in [2.24, 2.45) is 5.73 Å². The standard InChI is InChI=1S/C11H14N4O2/c12-5-1-2-9(16)11-15-14-10(17-11)8-3-6-13-7-4-8/h3-4,6-7,9,16H,1-2,5,12H2. The van der Waals surface area contributed by atoms with Gasteiger partial charge in [-0.1, -0.05) is 0 Å². The van der Waals surface area contributed by atoms with Crippen LogP contribution in [0.3, 0.4) is 0 Å². The second-order valence-corrected chi connectivity index (χ2v) is 3.63. The topological polar surface area (TPSA) is 98.1 Å². The Labute approximate surface area is 98.5 Å². The molecule has 0 fully saturated rings. The van der Waals surface area contributed by atoms with Gasteiger partial charge in [0.2, 0.25) is 11.8 Å². The summed E-state index contributed by atoms with van der Waals surface area (Å²) in [6, 6.07) is 3.53. The molecular formula is C11H14N4O2. The Morgan fingerprint density at radius 2 is 2.06 bits per heavy atom. The quantitative estimate of drug-likeness (QED) is 0.797. The number of aromatic nitrogens is 3. The van der Waals surface area contributed by atoms with Gasteiger partial charge in [-0.05, 0) is 31.5 Å². The summed E-state index contributed by atoms with van der Waals surface area (Å²) >= 11 is 0. The maximum absolute atomic E-state index is 9.75. The van der Waals surface area contributed by atoms with Crippen molar-refractivity contribution in [1.82, 2.24) is 15.2 Å². The molecule has 3 N–H and O–H groups in total. The molecule has 17 heavy (non-hydrogen) atoms. The van der Waals surface area contributed by atoms with Crippen molar-refractivity contribution in [3.8, 4) is 11.5 Å². The molecule has 0 saturated heterocycles. The van der Waals surface area contributed by atoms with Crippen LogP contribution in [0.5, 0.6) is 0 Å². The van der Waals surface area contributed by atoms with E-state index in [2.05, 4.69) is 15.2 Å². The van der Waals surface area contributed by atoms with E-state index in [9.17, 15) is 5.11 Å². The molecule has 0 aliphatic carbocycles. The summed E-state index contributed by atoms with van der Waals surface area (Å²) < 4.78 is 5.39. The third-order valence-corrected chi connectivity index (χ3v) is 2.33. The lowest BCUT2D eigenvalue weighted by Crippen LogP contribution is -2.03. The molecule has 0 aliphatic heterocycles. The SMILES string of the molecule is NCCCC(O)c1nnc(-c2ccncc2)o1. The Balaban J connectivity index is 2.11. The lowest BCUT2D eigenvalue weighted by atomic mass is 10.2. The van der Waals surface area contributed by atoms with Gasteiger partial charge < -0.3 is 15.3 Å². The molecule has 2 aromatic rings. The molecule has 6 heteroatoms. The van der Waals surface area contributed by atoms with Crippen molar-refractivity contribution in [2.45, 2.75) is 18.9 Å². The van der Waals surface area contributed by atoms with Crippen LogP contribution in [0.4, 0.5) is 0 Å². The summed E-state index contributed by atoms with van der Waals surface area (Å²) in [7, 11) is 0. The number of aliphatic hydroxyl groups excluding tert-OH is 1. The minimum absolute atomic E-state index is 0.227. The Bertz CT molecular complexity index is 458. The fraction of sp³-hybridized carbons (Fsp3) is 0.364. The fourth-order valence-electron chi connectivity index (χ4n) is 1.42. The van der Waals surface area contributed by atoms with E-state index in [-0.39, 0.29) is 5.89 Å². The van der Waals surface area contributed by atoms with Crippen LogP contribution < -0.4 is 5.73 Å². The zero-order valence-electron chi connectivity index (χ0n) is 9.28. The maximum Gasteiger partial charge on any atom is 0.248 e. The molecule has 0 amide bonds. The van der Waals surface area contributed by atoms with Crippen LogP contribution >= 0.6 is 0 Å². The molecule has 2 rings (SSSR count). The summed E-state index contributed by atoms with van der Waals surface area (Å²) in [6.45, 7) is 0.530. The highest BCUT2D eigenvalue weighted by Gasteiger charge is 2.15. The molecule has 1 atom stereocenters. The van der Waals surface area contributed by atoms with Crippen molar-refractivity contribution >= 4 is 0 Å². The van der Waals surface area contributed by atoms with E-state index in [1.807, 2.05) is 0 Å². The summed E-state index contributed by atoms with van der Waals surface area (Å²) in [4.78, 5) is 3.90.